The van der Waals surface area contributed by atoms with Crippen LogP contribution >= 0.6 is 0 Å². The van der Waals surface area contributed by atoms with Crippen LogP contribution in [0.1, 0.15) is 22.4 Å². The third kappa shape index (κ3) is 3.49. The van der Waals surface area contributed by atoms with E-state index in [1.54, 1.807) is 0 Å². The zero-order valence-electron chi connectivity index (χ0n) is 15.6. The van der Waals surface area contributed by atoms with E-state index in [-0.39, 0.29) is 6.04 Å². The van der Waals surface area contributed by atoms with Gasteiger partial charge in [-0.3, -0.25) is 4.98 Å². The van der Waals surface area contributed by atoms with Crippen molar-refractivity contribution in [1.82, 2.24) is 9.97 Å². The van der Waals surface area contributed by atoms with Crippen LogP contribution in [0.4, 0.5) is 5.82 Å². The van der Waals surface area contributed by atoms with E-state index in [4.69, 9.17) is 4.74 Å². The van der Waals surface area contributed by atoms with E-state index in [9.17, 15) is 5.26 Å². The predicted molar refractivity (Wildman–Crippen MR) is 106 cm³/mol. The Hall–Kier alpha value is -2.97. The molecule has 1 saturated heterocycles. The second-order valence-electron chi connectivity index (χ2n) is 7.14. The standard InChI is InChI=1S/C22H22N4O/c1-14-9-22(25-15(2)19(14)11-23)26-21-13-27-12-17(21)10-16-7-8-24-20-6-4-3-5-18(16)20/h3-9,17,21H,10,12-13H2,1-2H3,(H,25,26)/t17-,21-/m1/s1. The molecule has 1 aliphatic rings. The van der Waals surface area contributed by atoms with Crippen LogP contribution < -0.4 is 5.32 Å². The molecule has 2 aromatic heterocycles. The Labute approximate surface area is 159 Å². The van der Waals surface area contributed by atoms with Crippen LogP contribution in [0.2, 0.25) is 0 Å². The second kappa shape index (κ2) is 7.34. The number of nitrogens with zero attached hydrogens (tertiary/aromatic N) is 3. The number of rotatable bonds is 4. The Morgan fingerprint density at radius 1 is 1.22 bits per heavy atom. The fourth-order valence-corrected chi connectivity index (χ4v) is 3.84. The first-order valence-electron chi connectivity index (χ1n) is 9.21. The third-order valence-corrected chi connectivity index (χ3v) is 5.26. The molecule has 136 valence electrons. The van der Waals surface area contributed by atoms with Crippen molar-refractivity contribution in [1.29, 1.82) is 5.26 Å². The zero-order chi connectivity index (χ0) is 18.8. The minimum Gasteiger partial charge on any atom is -0.379 e. The van der Waals surface area contributed by atoms with Crippen LogP contribution in [0.15, 0.2) is 42.6 Å². The van der Waals surface area contributed by atoms with E-state index in [1.807, 2.05) is 38.2 Å². The lowest BCUT2D eigenvalue weighted by molar-refractivity contribution is 0.185. The summed E-state index contributed by atoms with van der Waals surface area (Å²) in [6.07, 6.45) is 2.81. The number of hydrogen-bond acceptors (Lipinski definition) is 5. The summed E-state index contributed by atoms with van der Waals surface area (Å²) in [6, 6.07) is 14.7. The predicted octanol–water partition coefficient (Wildman–Crippen LogP) is 3.79. The van der Waals surface area contributed by atoms with Gasteiger partial charge in [0.1, 0.15) is 11.9 Å². The van der Waals surface area contributed by atoms with E-state index in [2.05, 4.69) is 39.6 Å². The Kier molecular flexibility index (Phi) is 4.74. The lowest BCUT2D eigenvalue weighted by Crippen LogP contribution is -2.30. The maximum absolute atomic E-state index is 9.23. The Morgan fingerprint density at radius 3 is 2.89 bits per heavy atom. The number of nitrogens with one attached hydrogen (secondary N) is 1. The van der Waals surface area contributed by atoms with Gasteiger partial charge >= 0.3 is 0 Å². The van der Waals surface area contributed by atoms with Crippen LogP contribution in [0.3, 0.4) is 0 Å². The highest BCUT2D eigenvalue weighted by Crippen LogP contribution is 2.26. The van der Waals surface area contributed by atoms with Gasteiger partial charge in [0.25, 0.3) is 0 Å². The number of nitriles is 1. The van der Waals surface area contributed by atoms with Gasteiger partial charge in [0, 0.05) is 17.5 Å². The molecule has 3 heterocycles. The average molecular weight is 358 g/mol. The molecule has 0 aliphatic carbocycles. The Morgan fingerprint density at radius 2 is 2.07 bits per heavy atom. The number of para-hydroxylation sites is 1. The number of pyridine rings is 2. The molecule has 1 N–H and O–H groups in total. The van der Waals surface area contributed by atoms with Crippen LogP contribution in [-0.4, -0.2) is 29.2 Å². The molecule has 0 radical (unpaired) electrons. The number of ether oxygens (including phenoxy) is 1. The van der Waals surface area contributed by atoms with E-state index >= 15 is 0 Å². The van der Waals surface area contributed by atoms with Crippen molar-refractivity contribution < 1.29 is 4.74 Å². The molecule has 0 unspecified atom stereocenters. The third-order valence-electron chi connectivity index (χ3n) is 5.26. The summed E-state index contributed by atoms with van der Waals surface area (Å²) < 4.78 is 5.77. The molecular weight excluding hydrogens is 336 g/mol. The van der Waals surface area contributed by atoms with Crippen molar-refractivity contribution in [2.75, 3.05) is 18.5 Å². The first-order chi connectivity index (χ1) is 13.2. The molecular formula is C22H22N4O. The van der Waals surface area contributed by atoms with Crippen molar-refractivity contribution in [3.63, 3.8) is 0 Å². The van der Waals surface area contributed by atoms with Crippen LogP contribution in [-0.2, 0) is 11.2 Å². The van der Waals surface area contributed by atoms with Crippen molar-refractivity contribution >= 4 is 16.7 Å². The van der Waals surface area contributed by atoms with Crippen molar-refractivity contribution in [2.24, 2.45) is 5.92 Å². The highest BCUT2D eigenvalue weighted by Gasteiger charge is 2.29. The Bertz CT molecular complexity index is 996. The second-order valence-corrected chi connectivity index (χ2v) is 7.14. The fraction of sp³-hybridized carbons (Fsp3) is 0.318. The molecule has 0 spiro atoms. The summed E-state index contributed by atoms with van der Waals surface area (Å²) in [5, 5.41) is 14.0. The SMILES string of the molecule is Cc1cc(N[C@@H]2COC[C@H]2Cc2ccnc3ccccc23)nc(C)c1C#N. The summed E-state index contributed by atoms with van der Waals surface area (Å²) in [6.45, 7) is 5.21. The molecule has 5 heteroatoms. The van der Waals surface area contributed by atoms with Crippen LogP contribution in [0.5, 0.6) is 0 Å². The molecule has 5 nitrogen and oxygen atoms in total. The number of benzene rings is 1. The lowest BCUT2D eigenvalue weighted by atomic mass is 9.93. The van der Waals surface area contributed by atoms with Gasteiger partial charge in [0.2, 0.25) is 0 Å². The van der Waals surface area contributed by atoms with E-state index in [1.165, 1.54) is 10.9 Å². The van der Waals surface area contributed by atoms with E-state index in [0.29, 0.717) is 18.1 Å². The molecule has 2 atom stereocenters. The summed E-state index contributed by atoms with van der Waals surface area (Å²) in [4.78, 5) is 9.02. The number of aryl methyl sites for hydroxylation is 2. The van der Waals surface area contributed by atoms with Crippen LogP contribution in [0.25, 0.3) is 10.9 Å². The van der Waals surface area contributed by atoms with Gasteiger partial charge < -0.3 is 10.1 Å². The van der Waals surface area contributed by atoms with Gasteiger partial charge in [-0.1, -0.05) is 18.2 Å². The largest absolute Gasteiger partial charge is 0.379 e. The molecule has 27 heavy (non-hydrogen) atoms. The van der Waals surface area contributed by atoms with E-state index in [0.717, 1.165) is 35.6 Å². The smallest absolute Gasteiger partial charge is 0.126 e. The summed E-state index contributed by atoms with van der Waals surface area (Å²) in [5.74, 6) is 1.16. The first-order valence-corrected chi connectivity index (χ1v) is 9.21. The number of hydrogen-bond donors (Lipinski definition) is 1. The topological polar surface area (TPSA) is 70.8 Å². The van der Waals surface area contributed by atoms with Gasteiger partial charge in [-0.25, -0.2) is 4.98 Å². The van der Waals surface area contributed by atoms with Crippen LogP contribution in [0, 0.1) is 31.1 Å². The number of anilines is 1. The summed E-state index contributed by atoms with van der Waals surface area (Å²) >= 11 is 0. The monoisotopic (exact) mass is 358 g/mol. The molecule has 1 aliphatic heterocycles. The quantitative estimate of drug-likeness (QED) is 0.768. The minimum atomic E-state index is 0.191. The number of fused-ring (bicyclic) bond motifs is 1. The molecule has 4 rings (SSSR count). The van der Waals surface area contributed by atoms with Gasteiger partial charge in [-0.15, -0.1) is 0 Å². The maximum Gasteiger partial charge on any atom is 0.126 e. The van der Waals surface area contributed by atoms with Gasteiger partial charge in [0.05, 0.1) is 36.0 Å². The van der Waals surface area contributed by atoms with Gasteiger partial charge in [0.15, 0.2) is 0 Å². The number of aromatic nitrogens is 2. The zero-order valence-corrected chi connectivity index (χ0v) is 15.6. The van der Waals surface area contributed by atoms with Gasteiger partial charge in [-0.2, -0.15) is 5.26 Å². The molecule has 1 fully saturated rings. The molecule has 0 bridgehead atoms. The summed E-state index contributed by atoms with van der Waals surface area (Å²) in [7, 11) is 0. The Balaban J connectivity index is 1.55. The normalized spacial score (nSPS) is 19.1. The lowest BCUT2D eigenvalue weighted by Gasteiger charge is -2.21. The fourth-order valence-electron chi connectivity index (χ4n) is 3.84. The maximum atomic E-state index is 9.23. The highest BCUT2D eigenvalue weighted by atomic mass is 16.5. The first kappa shape index (κ1) is 17.4. The minimum absolute atomic E-state index is 0.191. The van der Waals surface area contributed by atoms with Gasteiger partial charge in [-0.05, 0) is 49.6 Å². The van der Waals surface area contributed by atoms with E-state index < -0.39 is 0 Å². The van der Waals surface area contributed by atoms with Crippen molar-refractivity contribution in [3.05, 3.63) is 65.0 Å². The van der Waals surface area contributed by atoms with Crippen molar-refractivity contribution in [2.45, 2.75) is 26.3 Å². The van der Waals surface area contributed by atoms with Crippen molar-refractivity contribution in [3.8, 4) is 6.07 Å². The highest BCUT2D eigenvalue weighted by molar-refractivity contribution is 5.81. The average Bonchev–Trinajstić information content (AvgIpc) is 3.08. The molecule has 3 aromatic rings. The molecule has 0 amide bonds. The molecule has 0 saturated carbocycles. The summed E-state index contributed by atoms with van der Waals surface area (Å²) in [5.41, 5.74) is 4.68. The molecule has 1 aromatic carbocycles.